The van der Waals surface area contributed by atoms with Gasteiger partial charge in [-0.25, -0.2) is 9.78 Å². The Morgan fingerprint density at radius 2 is 2.23 bits per heavy atom. The number of aryl methyl sites for hydroxylation is 1. The molecule has 1 amide bonds. The number of likely N-dealkylation sites (tertiary alicyclic amines) is 1. The Labute approximate surface area is 154 Å². The highest BCUT2D eigenvalue weighted by Gasteiger charge is 2.29. The van der Waals surface area contributed by atoms with Gasteiger partial charge >= 0.3 is 6.09 Å². The SMILES string of the molecule is CCCCOC(=O)N1CCCC(c2nnc(Cn3ccnc3C)n2C)C1. The van der Waals surface area contributed by atoms with Gasteiger partial charge in [0.25, 0.3) is 0 Å². The number of rotatable bonds is 6. The molecule has 8 nitrogen and oxygen atoms in total. The van der Waals surface area contributed by atoms with Crippen molar-refractivity contribution in [2.24, 2.45) is 7.05 Å². The standard InChI is InChI=1S/C18H28N6O2/c1-4-5-11-26-18(25)24-9-6-7-15(12-24)17-21-20-16(22(17)3)13-23-10-8-19-14(23)2/h8,10,15H,4-7,9,11-13H2,1-3H3. The Kier molecular flexibility index (Phi) is 5.90. The van der Waals surface area contributed by atoms with E-state index in [-0.39, 0.29) is 12.0 Å². The molecule has 8 heteroatoms. The van der Waals surface area contributed by atoms with E-state index in [1.165, 1.54) is 0 Å². The summed E-state index contributed by atoms with van der Waals surface area (Å²) in [5, 5.41) is 8.79. The average Bonchev–Trinajstić information content (AvgIpc) is 3.22. The minimum Gasteiger partial charge on any atom is -0.449 e. The highest BCUT2D eigenvalue weighted by molar-refractivity contribution is 5.67. The first kappa shape index (κ1) is 18.4. The van der Waals surface area contributed by atoms with Crippen LogP contribution in [0.1, 0.15) is 56.0 Å². The number of carbonyl (C=O) groups excluding carboxylic acids is 1. The monoisotopic (exact) mass is 360 g/mol. The second kappa shape index (κ2) is 8.33. The molecule has 1 aliphatic heterocycles. The molecular formula is C18H28N6O2. The Morgan fingerprint density at radius 1 is 1.38 bits per heavy atom. The van der Waals surface area contributed by atoms with Crippen LogP contribution in [-0.4, -0.2) is 55.0 Å². The predicted octanol–water partition coefficient (Wildman–Crippen LogP) is 2.48. The molecule has 1 fully saturated rings. The van der Waals surface area contributed by atoms with Gasteiger partial charge < -0.3 is 18.8 Å². The number of nitrogens with zero attached hydrogens (tertiary/aromatic N) is 6. The molecule has 0 aromatic carbocycles. The highest BCUT2D eigenvalue weighted by atomic mass is 16.6. The fraction of sp³-hybridized carbons (Fsp3) is 0.667. The van der Waals surface area contributed by atoms with Crippen molar-refractivity contribution in [2.45, 2.75) is 52.0 Å². The minimum absolute atomic E-state index is 0.192. The second-order valence-corrected chi connectivity index (χ2v) is 6.89. The molecular weight excluding hydrogens is 332 g/mol. The zero-order valence-electron chi connectivity index (χ0n) is 15.9. The van der Waals surface area contributed by atoms with Crippen molar-refractivity contribution in [1.29, 1.82) is 0 Å². The van der Waals surface area contributed by atoms with E-state index in [4.69, 9.17) is 4.74 Å². The zero-order chi connectivity index (χ0) is 18.5. The van der Waals surface area contributed by atoms with Gasteiger partial charge in [0.05, 0.1) is 13.2 Å². The van der Waals surface area contributed by atoms with Gasteiger partial charge in [-0.3, -0.25) is 0 Å². The summed E-state index contributed by atoms with van der Waals surface area (Å²) in [6, 6.07) is 0. The van der Waals surface area contributed by atoms with E-state index in [1.807, 2.05) is 24.7 Å². The summed E-state index contributed by atoms with van der Waals surface area (Å²) in [6.45, 7) is 6.59. The third-order valence-corrected chi connectivity index (χ3v) is 5.00. The second-order valence-electron chi connectivity index (χ2n) is 6.89. The third kappa shape index (κ3) is 4.05. The summed E-state index contributed by atoms with van der Waals surface area (Å²) in [5.41, 5.74) is 0. The molecule has 0 saturated carbocycles. The van der Waals surface area contributed by atoms with Crippen LogP contribution in [0.4, 0.5) is 4.79 Å². The molecule has 0 bridgehead atoms. The van der Waals surface area contributed by atoms with Crippen LogP contribution in [0.2, 0.25) is 0 Å². The van der Waals surface area contributed by atoms with Crippen molar-refractivity contribution < 1.29 is 9.53 Å². The number of aromatic nitrogens is 5. The Hall–Kier alpha value is -2.38. The molecule has 1 atom stereocenters. The van der Waals surface area contributed by atoms with Gasteiger partial charge in [-0.1, -0.05) is 13.3 Å². The first-order valence-electron chi connectivity index (χ1n) is 9.37. The van der Waals surface area contributed by atoms with Crippen molar-refractivity contribution in [1.82, 2.24) is 29.2 Å². The normalized spacial score (nSPS) is 17.5. The molecule has 0 aliphatic carbocycles. The van der Waals surface area contributed by atoms with Gasteiger partial charge in [0.15, 0.2) is 5.82 Å². The number of carbonyl (C=O) groups is 1. The summed E-state index contributed by atoms with van der Waals surface area (Å²) >= 11 is 0. The summed E-state index contributed by atoms with van der Waals surface area (Å²) in [6.07, 6.45) is 7.41. The van der Waals surface area contributed by atoms with Crippen LogP contribution in [0.5, 0.6) is 0 Å². The van der Waals surface area contributed by atoms with Crippen LogP contribution in [0, 0.1) is 6.92 Å². The first-order chi connectivity index (χ1) is 12.6. The fourth-order valence-electron chi connectivity index (χ4n) is 3.34. The number of imidazole rings is 1. The number of piperidine rings is 1. The fourth-order valence-corrected chi connectivity index (χ4v) is 3.34. The van der Waals surface area contributed by atoms with Gasteiger partial charge in [0.1, 0.15) is 11.6 Å². The average molecular weight is 360 g/mol. The van der Waals surface area contributed by atoms with E-state index in [2.05, 4.69) is 26.7 Å². The lowest BCUT2D eigenvalue weighted by atomic mass is 9.97. The molecule has 26 heavy (non-hydrogen) atoms. The van der Waals surface area contributed by atoms with Crippen LogP contribution in [0.3, 0.4) is 0 Å². The van der Waals surface area contributed by atoms with Crippen LogP contribution >= 0.6 is 0 Å². The quantitative estimate of drug-likeness (QED) is 0.740. The lowest BCUT2D eigenvalue weighted by Crippen LogP contribution is -2.40. The van der Waals surface area contributed by atoms with Crippen LogP contribution in [0.15, 0.2) is 12.4 Å². The molecule has 1 saturated heterocycles. The van der Waals surface area contributed by atoms with E-state index >= 15 is 0 Å². The van der Waals surface area contributed by atoms with E-state index in [0.717, 1.165) is 49.7 Å². The topological polar surface area (TPSA) is 78.1 Å². The number of amides is 1. The van der Waals surface area contributed by atoms with Gasteiger partial charge in [0.2, 0.25) is 0 Å². The summed E-state index contributed by atoms with van der Waals surface area (Å²) in [7, 11) is 2.00. The molecule has 1 aliphatic rings. The third-order valence-electron chi connectivity index (χ3n) is 5.00. The number of hydrogen-bond acceptors (Lipinski definition) is 5. The van der Waals surface area contributed by atoms with Crippen molar-refractivity contribution >= 4 is 6.09 Å². The molecule has 0 radical (unpaired) electrons. The van der Waals surface area contributed by atoms with E-state index in [0.29, 0.717) is 19.7 Å². The van der Waals surface area contributed by atoms with Crippen molar-refractivity contribution in [3.63, 3.8) is 0 Å². The summed E-state index contributed by atoms with van der Waals surface area (Å²) in [5.74, 6) is 2.97. The van der Waals surface area contributed by atoms with E-state index in [9.17, 15) is 4.79 Å². The molecule has 3 rings (SSSR count). The van der Waals surface area contributed by atoms with Crippen LogP contribution < -0.4 is 0 Å². The summed E-state index contributed by atoms with van der Waals surface area (Å²) < 4.78 is 9.46. The van der Waals surface area contributed by atoms with Crippen molar-refractivity contribution in [2.75, 3.05) is 19.7 Å². The maximum Gasteiger partial charge on any atom is 0.409 e. The highest BCUT2D eigenvalue weighted by Crippen LogP contribution is 2.26. The van der Waals surface area contributed by atoms with Crippen LogP contribution in [0.25, 0.3) is 0 Å². The van der Waals surface area contributed by atoms with Gasteiger partial charge in [-0.2, -0.15) is 0 Å². The Morgan fingerprint density at radius 3 is 2.96 bits per heavy atom. The summed E-state index contributed by atoms with van der Waals surface area (Å²) in [4.78, 5) is 18.3. The largest absolute Gasteiger partial charge is 0.449 e. The molecule has 3 heterocycles. The minimum atomic E-state index is -0.209. The maximum absolute atomic E-state index is 12.2. The molecule has 1 unspecified atom stereocenters. The first-order valence-corrected chi connectivity index (χ1v) is 9.37. The lowest BCUT2D eigenvalue weighted by molar-refractivity contribution is 0.0896. The maximum atomic E-state index is 12.2. The van der Waals surface area contributed by atoms with Gasteiger partial charge in [-0.05, 0) is 26.2 Å². The van der Waals surface area contributed by atoms with Crippen LogP contribution in [-0.2, 0) is 18.3 Å². The zero-order valence-corrected chi connectivity index (χ0v) is 15.9. The predicted molar refractivity (Wildman–Crippen MR) is 96.9 cm³/mol. The number of unbranched alkanes of at least 4 members (excludes halogenated alkanes) is 1. The molecule has 2 aromatic rings. The van der Waals surface area contributed by atoms with Crippen molar-refractivity contribution in [3.8, 4) is 0 Å². The van der Waals surface area contributed by atoms with Crippen molar-refractivity contribution in [3.05, 3.63) is 29.9 Å². The molecule has 2 aromatic heterocycles. The molecule has 0 spiro atoms. The number of hydrogen-bond donors (Lipinski definition) is 0. The van der Waals surface area contributed by atoms with Gasteiger partial charge in [-0.15, -0.1) is 10.2 Å². The molecule has 0 N–H and O–H groups in total. The smallest absolute Gasteiger partial charge is 0.409 e. The van der Waals surface area contributed by atoms with E-state index in [1.54, 1.807) is 11.1 Å². The Bertz CT molecular complexity index is 738. The molecule has 142 valence electrons. The lowest BCUT2D eigenvalue weighted by Gasteiger charge is -2.31. The Balaban J connectivity index is 1.65. The van der Waals surface area contributed by atoms with E-state index < -0.39 is 0 Å². The van der Waals surface area contributed by atoms with Gasteiger partial charge in [0, 0.05) is 38.4 Å². The number of ether oxygens (including phenoxy) is 1.